The summed E-state index contributed by atoms with van der Waals surface area (Å²) in [4.78, 5) is 13.0. The predicted molar refractivity (Wildman–Crippen MR) is 122 cm³/mol. The molecule has 0 radical (unpaired) electrons. The molecule has 1 nitrogen and oxygen atoms in total. The maximum Gasteiger partial charge on any atom is 0.194 e. The lowest BCUT2D eigenvalue weighted by Gasteiger charge is -2.14. The van der Waals surface area contributed by atoms with Crippen LogP contribution in [-0.4, -0.2) is 5.78 Å². The second-order valence-electron chi connectivity index (χ2n) is 6.84. The number of ketones is 1. The molecule has 0 atom stereocenters. The average Bonchev–Trinajstić information content (AvgIpc) is 2.99. The summed E-state index contributed by atoms with van der Waals surface area (Å²) in [5.41, 5.74) is 7.94. The highest BCUT2D eigenvalue weighted by Gasteiger charge is 2.28. The van der Waals surface area contributed by atoms with Crippen LogP contribution in [0.2, 0.25) is 0 Å². The second-order valence-corrected chi connectivity index (χ2v) is 8.67. The van der Waals surface area contributed by atoms with Gasteiger partial charge in [0, 0.05) is 20.1 Å². The molecule has 28 heavy (non-hydrogen) atoms. The largest absolute Gasteiger partial charge is 0.289 e. The Balaban J connectivity index is 1.83. The molecule has 0 spiro atoms. The molecule has 0 fully saturated rings. The second kappa shape index (κ2) is 6.84. The molecule has 0 aromatic heterocycles. The van der Waals surface area contributed by atoms with E-state index in [1.165, 1.54) is 0 Å². The maximum absolute atomic E-state index is 13.0. The number of halogens is 2. The summed E-state index contributed by atoms with van der Waals surface area (Å²) in [5.74, 6) is 0.0997. The third-order valence-corrected chi connectivity index (χ3v) is 6.12. The molecular formula is C25H14Br2O. The molecule has 1 aliphatic rings. The number of carbonyl (C=O) groups is 1. The highest BCUT2D eigenvalue weighted by molar-refractivity contribution is 9.10. The van der Waals surface area contributed by atoms with Crippen LogP contribution in [0, 0.1) is 0 Å². The fraction of sp³-hybridized carbons (Fsp3) is 0. The zero-order valence-corrected chi connectivity index (χ0v) is 17.9. The minimum Gasteiger partial charge on any atom is -0.289 e. The van der Waals surface area contributed by atoms with Gasteiger partial charge in [-0.25, -0.2) is 0 Å². The van der Waals surface area contributed by atoms with E-state index in [1.807, 2.05) is 48.5 Å². The first-order valence-corrected chi connectivity index (χ1v) is 10.5. The molecule has 0 amide bonds. The third kappa shape index (κ3) is 2.86. The van der Waals surface area contributed by atoms with Crippen molar-refractivity contribution in [2.45, 2.75) is 0 Å². The van der Waals surface area contributed by atoms with Crippen molar-refractivity contribution < 1.29 is 4.79 Å². The van der Waals surface area contributed by atoms with Gasteiger partial charge >= 0.3 is 0 Å². The monoisotopic (exact) mass is 488 g/mol. The van der Waals surface area contributed by atoms with Gasteiger partial charge in [0.15, 0.2) is 5.78 Å². The van der Waals surface area contributed by atoms with Crippen LogP contribution in [-0.2, 0) is 0 Å². The number of hydrogen-bond acceptors (Lipinski definition) is 1. The topological polar surface area (TPSA) is 17.1 Å². The Morgan fingerprint density at radius 1 is 0.464 bits per heavy atom. The van der Waals surface area contributed by atoms with Crippen LogP contribution in [0.4, 0.5) is 0 Å². The number of rotatable bonds is 2. The Kier molecular flexibility index (Phi) is 4.30. The Morgan fingerprint density at radius 3 is 1.57 bits per heavy atom. The fourth-order valence-corrected chi connectivity index (χ4v) is 4.66. The van der Waals surface area contributed by atoms with Crippen LogP contribution in [0.1, 0.15) is 15.9 Å². The van der Waals surface area contributed by atoms with Gasteiger partial charge in [0.2, 0.25) is 0 Å². The smallest absolute Gasteiger partial charge is 0.194 e. The van der Waals surface area contributed by atoms with Crippen molar-refractivity contribution >= 4 is 37.6 Å². The van der Waals surface area contributed by atoms with Crippen molar-refractivity contribution in [3.05, 3.63) is 105 Å². The van der Waals surface area contributed by atoms with Gasteiger partial charge in [0.25, 0.3) is 0 Å². The van der Waals surface area contributed by atoms with Crippen molar-refractivity contribution in [3.63, 3.8) is 0 Å². The van der Waals surface area contributed by atoms with Gasteiger partial charge in [0.05, 0.1) is 0 Å². The third-order valence-electron chi connectivity index (χ3n) is 5.14. The summed E-state index contributed by atoms with van der Waals surface area (Å²) in [7, 11) is 0. The SMILES string of the molecule is O=C1c2ccccc2-c2cc(-c3cccc(Br)c3)c(-c3cccc(Br)c3)cc21. The van der Waals surface area contributed by atoms with Gasteiger partial charge in [-0.2, -0.15) is 0 Å². The van der Waals surface area contributed by atoms with E-state index in [9.17, 15) is 4.79 Å². The highest BCUT2D eigenvalue weighted by atomic mass is 79.9. The predicted octanol–water partition coefficient (Wildman–Crippen LogP) is 7.76. The molecule has 3 heteroatoms. The molecule has 1 aliphatic carbocycles. The molecule has 0 aliphatic heterocycles. The molecular weight excluding hydrogens is 476 g/mol. The van der Waals surface area contributed by atoms with Gasteiger partial charge in [-0.05, 0) is 69.8 Å². The van der Waals surface area contributed by atoms with E-state index in [0.717, 1.165) is 53.5 Å². The minimum atomic E-state index is 0.0997. The molecule has 5 rings (SSSR count). The molecule has 0 bridgehead atoms. The Morgan fingerprint density at radius 2 is 1.00 bits per heavy atom. The van der Waals surface area contributed by atoms with Crippen molar-refractivity contribution in [1.82, 2.24) is 0 Å². The maximum atomic E-state index is 13.0. The van der Waals surface area contributed by atoms with Crippen molar-refractivity contribution in [3.8, 4) is 33.4 Å². The van der Waals surface area contributed by atoms with E-state index in [2.05, 4.69) is 68.3 Å². The van der Waals surface area contributed by atoms with E-state index in [4.69, 9.17) is 0 Å². The van der Waals surface area contributed by atoms with E-state index in [1.54, 1.807) is 0 Å². The van der Waals surface area contributed by atoms with Gasteiger partial charge in [-0.1, -0.05) is 80.4 Å². The molecule has 0 N–H and O–H groups in total. The highest BCUT2D eigenvalue weighted by Crippen LogP contribution is 2.44. The van der Waals surface area contributed by atoms with E-state index >= 15 is 0 Å². The van der Waals surface area contributed by atoms with Gasteiger partial charge in [-0.3, -0.25) is 4.79 Å². The number of fused-ring (bicyclic) bond motifs is 3. The Labute approximate surface area is 180 Å². The summed E-state index contributed by atoms with van der Waals surface area (Å²) in [6.07, 6.45) is 0. The molecule has 0 saturated carbocycles. The van der Waals surface area contributed by atoms with Crippen molar-refractivity contribution in [2.75, 3.05) is 0 Å². The summed E-state index contributed by atoms with van der Waals surface area (Å²) < 4.78 is 2.04. The van der Waals surface area contributed by atoms with Gasteiger partial charge in [0.1, 0.15) is 0 Å². The molecule has 0 unspecified atom stereocenters. The van der Waals surface area contributed by atoms with Gasteiger partial charge in [-0.15, -0.1) is 0 Å². The quantitative estimate of drug-likeness (QED) is 0.247. The van der Waals surface area contributed by atoms with Crippen LogP contribution in [0.25, 0.3) is 33.4 Å². The number of benzene rings is 4. The van der Waals surface area contributed by atoms with Crippen LogP contribution < -0.4 is 0 Å². The molecule has 0 heterocycles. The average molecular weight is 490 g/mol. The first kappa shape index (κ1) is 17.6. The van der Waals surface area contributed by atoms with E-state index in [-0.39, 0.29) is 5.78 Å². The summed E-state index contributed by atoms with van der Waals surface area (Å²) in [5, 5.41) is 0. The van der Waals surface area contributed by atoms with Crippen molar-refractivity contribution in [1.29, 1.82) is 0 Å². The van der Waals surface area contributed by atoms with Crippen LogP contribution in [0.3, 0.4) is 0 Å². The minimum absolute atomic E-state index is 0.0997. The molecule has 0 saturated heterocycles. The van der Waals surface area contributed by atoms with Crippen molar-refractivity contribution in [2.24, 2.45) is 0 Å². The number of hydrogen-bond donors (Lipinski definition) is 0. The molecule has 4 aromatic carbocycles. The van der Waals surface area contributed by atoms with Crippen LogP contribution in [0.15, 0.2) is 93.9 Å². The Hall–Kier alpha value is -2.49. The zero-order chi connectivity index (χ0) is 19.3. The molecule has 134 valence electrons. The first-order chi connectivity index (χ1) is 13.6. The normalized spacial score (nSPS) is 12.0. The standard InChI is InChI=1S/C25H14Br2O/c26-17-7-3-5-15(11-17)21-13-23-19-9-1-2-10-20(19)25(28)24(23)14-22(21)16-6-4-8-18(27)12-16/h1-14H. The first-order valence-electron chi connectivity index (χ1n) is 8.96. The number of carbonyl (C=O) groups excluding carboxylic acids is 1. The lowest BCUT2D eigenvalue weighted by atomic mass is 9.90. The summed E-state index contributed by atoms with van der Waals surface area (Å²) >= 11 is 7.16. The summed E-state index contributed by atoms with van der Waals surface area (Å²) in [6, 6.07) is 28.6. The van der Waals surface area contributed by atoms with E-state index < -0.39 is 0 Å². The fourth-order valence-electron chi connectivity index (χ4n) is 3.86. The lowest BCUT2D eigenvalue weighted by Crippen LogP contribution is -1.96. The summed E-state index contributed by atoms with van der Waals surface area (Å²) in [6.45, 7) is 0. The van der Waals surface area contributed by atoms with Crippen LogP contribution in [0.5, 0.6) is 0 Å². The molecule has 4 aromatic rings. The van der Waals surface area contributed by atoms with Gasteiger partial charge < -0.3 is 0 Å². The Bertz CT molecular complexity index is 1260. The van der Waals surface area contributed by atoms with Crippen LogP contribution >= 0.6 is 31.9 Å². The lowest BCUT2D eigenvalue weighted by molar-refractivity contribution is 0.104. The zero-order valence-electron chi connectivity index (χ0n) is 14.7. The van der Waals surface area contributed by atoms with E-state index in [0.29, 0.717) is 0 Å².